The molecule has 0 heterocycles. The highest BCUT2D eigenvalue weighted by Crippen LogP contribution is 2.26. The topological polar surface area (TPSA) is 29.1 Å². The minimum atomic E-state index is 0.0752. The van der Waals surface area contributed by atoms with Crippen molar-refractivity contribution >= 4 is 5.91 Å². The molecule has 0 aromatic heterocycles. The van der Waals surface area contributed by atoms with E-state index in [2.05, 4.69) is 12.2 Å². The van der Waals surface area contributed by atoms with Crippen LogP contribution in [0.2, 0.25) is 0 Å². The third-order valence-corrected chi connectivity index (χ3v) is 4.11. The largest absolute Gasteiger partial charge is 0.349 e. The Morgan fingerprint density at radius 1 is 1.22 bits per heavy atom. The first-order valence-corrected chi connectivity index (χ1v) is 7.05. The number of hydrogen-bond donors (Lipinski definition) is 1. The molecule has 2 nitrogen and oxygen atoms in total. The van der Waals surface area contributed by atoms with Crippen molar-refractivity contribution in [2.24, 2.45) is 5.92 Å². The Balaban J connectivity index is 1.96. The highest BCUT2D eigenvalue weighted by Gasteiger charge is 2.22. The SMILES string of the molecule is Cc1ccccc1C(=O)N[C@H](C)C1CCCCC1. The number of carbonyl (C=O) groups is 1. The van der Waals surface area contributed by atoms with Crippen LogP contribution in [0.1, 0.15) is 54.9 Å². The summed E-state index contributed by atoms with van der Waals surface area (Å²) in [6, 6.07) is 8.07. The molecule has 0 radical (unpaired) electrons. The molecule has 2 heteroatoms. The van der Waals surface area contributed by atoms with Crippen LogP contribution in [0.25, 0.3) is 0 Å². The van der Waals surface area contributed by atoms with Crippen LogP contribution in [0.4, 0.5) is 0 Å². The van der Waals surface area contributed by atoms with E-state index < -0.39 is 0 Å². The fourth-order valence-corrected chi connectivity index (χ4v) is 2.86. The molecule has 1 N–H and O–H groups in total. The molecule has 0 unspecified atom stereocenters. The maximum Gasteiger partial charge on any atom is 0.251 e. The van der Waals surface area contributed by atoms with Crippen molar-refractivity contribution in [1.29, 1.82) is 0 Å². The molecule has 0 bridgehead atoms. The van der Waals surface area contributed by atoms with Crippen molar-refractivity contribution in [3.63, 3.8) is 0 Å². The fourth-order valence-electron chi connectivity index (χ4n) is 2.86. The molecule has 0 spiro atoms. The lowest BCUT2D eigenvalue weighted by Gasteiger charge is -2.28. The summed E-state index contributed by atoms with van der Waals surface area (Å²) < 4.78 is 0. The van der Waals surface area contributed by atoms with Crippen LogP contribution in [0.15, 0.2) is 24.3 Å². The standard InChI is InChI=1S/C16H23NO/c1-12-8-6-7-11-15(12)16(18)17-13(2)14-9-4-3-5-10-14/h6-8,11,13-14H,3-5,9-10H2,1-2H3,(H,17,18)/t13-/m1/s1. The summed E-state index contributed by atoms with van der Waals surface area (Å²) in [5, 5.41) is 3.17. The van der Waals surface area contributed by atoms with E-state index in [-0.39, 0.29) is 11.9 Å². The Labute approximate surface area is 110 Å². The van der Waals surface area contributed by atoms with Crippen LogP contribution in [0, 0.1) is 12.8 Å². The lowest BCUT2D eigenvalue weighted by molar-refractivity contribution is 0.0918. The van der Waals surface area contributed by atoms with Crippen LogP contribution in [-0.2, 0) is 0 Å². The molecular weight excluding hydrogens is 222 g/mol. The van der Waals surface area contributed by atoms with Gasteiger partial charge in [-0.2, -0.15) is 0 Å². The maximum absolute atomic E-state index is 12.2. The van der Waals surface area contributed by atoms with E-state index in [0.717, 1.165) is 11.1 Å². The Morgan fingerprint density at radius 3 is 2.56 bits per heavy atom. The van der Waals surface area contributed by atoms with Crippen molar-refractivity contribution in [2.45, 2.75) is 52.0 Å². The molecule has 1 aromatic carbocycles. The number of aryl methyl sites for hydroxylation is 1. The molecule has 1 aromatic rings. The molecule has 1 aliphatic carbocycles. The van der Waals surface area contributed by atoms with Crippen molar-refractivity contribution < 1.29 is 4.79 Å². The van der Waals surface area contributed by atoms with Crippen molar-refractivity contribution in [1.82, 2.24) is 5.32 Å². The Morgan fingerprint density at radius 2 is 1.89 bits per heavy atom. The zero-order valence-corrected chi connectivity index (χ0v) is 11.4. The predicted molar refractivity (Wildman–Crippen MR) is 74.7 cm³/mol. The van der Waals surface area contributed by atoms with Gasteiger partial charge in [-0.15, -0.1) is 0 Å². The van der Waals surface area contributed by atoms with Crippen LogP contribution in [-0.4, -0.2) is 11.9 Å². The highest BCUT2D eigenvalue weighted by atomic mass is 16.1. The van der Waals surface area contributed by atoms with Gasteiger partial charge in [0.05, 0.1) is 0 Å². The van der Waals surface area contributed by atoms with E-state index in [1.54, 1.807) is 0 Å². The summed E-state index contributed by atoms with van der Waals surface area (Å²) in [7, 11) is 0. The third-order valence-electron chi connectivity index (χ3n) is 4.11. The Hall–Kier alpha value is -1.31. The zero-order chi connectivity index (χ0) is 13.0. The lowest BCUT2D eigenvalue weighted by Crippen LogP contribution is -2.39. The third kappa shape index (κ3) is 3.12. The van der Waals surface area contributed by atoms with E-state index in [0.29, 0.717) is 5.92 Å². The molecule has 0 aliphatic heterocycles. The van der Waals surface area contributed by atoms with Gasteiger partial charge in [0.15, 0.2) is 0 Å². The van der Waals surface area contributed by atoms with Gasteiger partial charge in [0.2, 0.25) is 0 Å². The average Bonchev–Trinajstić information content (AvgIpc) is 2.40. The van der Waals surface area contributed by atoms with Crippen molar-refractivity contribution in [3.8, 4) is 0 Å². The molecule has 1 saturated carbocycles. The first kappa shape index (κ1) is 13.1. The zero-order valence-electron chi connectivity index (χ0n) is 11.4. The molecule has 0 saturated heterocycles. The molecule has 2 rings (SSSR count). The van der Waals surface area contributed by atoms with Crippen molar-refractivity contribution in [3.05, 3.63) is 35.4 Å². The van der Waals surface area contributed by atoms with Crippen molar-refractivity contribution in [2.75, 3.05) is 0 Å². The predicted octanol–water partition coefficient (Wildman–Crippen LogP) is 3.69. The van der Waals surface area contributed by atoms with Gasteiger partial charge in [-0.1, -0.05) is 37.5 Å². The number of hydrogen-bond acceptors (Lipinski definition) is 1. The fraction of sp³-hybridized carbons (Fsp3) is 0.562. The summed E-state index contributed by atoms with van der Waals surface area (Å²) in [5.74, 6) is 0.734. The van der Waals surface area contributed by atoms with E-state index in [4.69, 9.17) is 0 Å². The van der Waals surface area contributed by atoms with Gasteiger partial charge in [-0.25, -0.2) is 0 Å². The van der Waals surface area contributed by atoms with Crippen LogP contribution in [0.3, 0.4) is 0 Å². The second-order valence-corrected chi connectivity index (χ2v) is 5.48. The van der Waals surface area contributed by atoms with Crippen LogP contribution in [0.5, 0.6) is 0 Å². The number of benzene rings is 1. The molecule has 1 amide bonds. The van der Waals surface area contributed by atoms with Gasteiger partial charge in [0.1, 0.15) is 0 Å². The Bertz CT molecular complexity index is 407. The number of carbonyl (C=O) groups excluding carboxylic acids is 1. The van der Waals surface area contributed by atoms with Gasteiger partial charge in [0, 0.05) is 11.6 Å². The maximum atomic E-state index is 12.2. The molecule has 1 aliphatic rings. The second kappa shape index (κ2) is 6.03. The molecule has 18 heavy (non-hydrogen) atoms. The summed E-state index contributed by atoms with van der Waals surface area (Å²) in [6.07, 6.45) is 6.50. The van der Waals surface area contributed by atoms with Crippen LogP contribution < -0.4 is 5.32 Å². The number of rotatable bonds is 3. The quantitative estimate of drug-likeness (QED) is 0.864. The minimum Gasteiger partial charge on any atom is -0.349 e. The average molecular weight is 245 g/mol. The molecule has 98 valence electrons. The van der Waals surface area contributed by atoms with Gasteiger partial charge in [0.25, 0.3) is 5.91 Å². The Kier molecular flexibility index (Phi) is 4.40. The summed E-state index contributed by atoms with van der Waals surface area (Å²) >= 11 is 0. The monoisotopic (exact) mass is 245 g/mol. The molecule has 1 fully saturated rings. The molecule has 1 atom stereocenters. The van der Waals surface area contributed by atoms with E-state index in [1.165, 1.54) is 32.1 Å². The van der Waals surface area contributed by atoms with Gasteiger partial charge in [-0.3, -0.25) is 4.79 Å². The summed E-state index contributed by atoms with van der Waals surface area (Å²) in [4.78, 5) is 12.2. The second-order valence-electron chi connectivity index (χ2n) is 5.48. The van der Waals surface area contributed by atoms with Crippen LogP contribution >= 0.6 is 0 Å². The van der Waals surface area contributed by atoms with E-state index in [9.17, 15) is 4.79 Å². The first-order chi connectivity index (χ1) is 8.68. The molecular formula is C16H23NO. The van der Waals surface area contributed by atoms with Gasteiger partial charge >= 0.3 is 0 Å². The van der Waals surface area contributed by atoms with E-state index >= 15 is 0 Å². The summed E-state index contributed by atoms with van der Waals surface area (Å²) in [6.45, 7) is 4.13. The highest BCUT2D eigenvalue weighted by molar-refractivity contribution is 5.95. The summed E-state index contributed by atoms with van der Waals surface area (Å²) in [5.41, 5.74) is 1.85. The first-order valence-electron chi connectivity index (χ1n) is 7.05. The van der Waals surface area contributed by atoms with E-state index in [1.807, 2.05) is 31.2 Å². The normalized spacial score (nSPS) is 18.3. The minimum absolute atomic E-state index is 0.0752. The number of nitrogens with one attached hydrogen (secondary N) is 1. The smallest absolute Gasteiger partial charge is 0.251 e. The number of amides is 1. The van der Waals surface area contributed by atoms with Gasteiger partial charge in [-0.05, 0) is 44.2 Å². The van der Waals surface area contributed by atoms with Gasteiger partial charge < -0.3 is 5.32 Å². The lowest BCUT2D eigenvalue weighted by atomic mass is 9.84.